The molecule has 1 saturated heterocycles. The van der Waals surface area contributed by atoms with E-state index < -0.39 is 0 Å². The zero-order chi connectivity index (χ0) is 14.5. The summed E-state index contributed by atoms with van der Waals surface area (Å²) < 4.78 is 11.7. The van der Waals surface area contributed by atoms with Crippen LogP contribution in [0.2, 0.25) is 0 Å². The summed E-state index contributed by atoms with van der Waals surface area (Å²) in [5, 5.41) is 9.31. The summed E-state index contributed by atoms with van der Waals surface area (Å²) in [7, 11) is 3.29. The molecule has 1 aliphatic heterocycles. The van der Waals surface area contributed by atoms with Crippen LogP contribution in [-0.2, 0) is 6.54 Å². The summed E-state index contributed by atoms with van der Waals surface area (Å²) in [5.41, 5.74) is 1.18. The Hall–Kier alpha value is -0.780. The first-order chi connectivity index (χ1) is 9.67. The van der Waals surface area contributed by atoms with Crippen LogP contribution in [0, 0.1) is 5.92 Å². The third-order valence-corrected chi connectivity index (χ3v) is 4.55. The van der Waals surface area contributed by atoms with E-state index in [9.17, 15) is 5.11 Å². The Morgan fingerprint density at radius 1 is 1.30 bits per heavy atom. The van der Waals surface area contributed by atoms with Crippen LogP contribution in [0.25, 0.3) is 0 Å². The van der Waals surface area contributed by atoms with Crippen molar-refractivity contribution < 1.29 is 14.6 Å². The molecule has 1 heterocycles. The second-order valence-electron chi connectivity index (χ2n) is 5.22. The molecule has 2 rings (SSSR count). The summed E-state index contributed by atoms with van der Waals surface area (Å²) >= 11 is 3.60. The zero-order valence-corrected chi connectivity index (χ0v) is 13.6. The first-order valence-electron chi connectivity index (χ1n) is 6.91. The molecule has 0 aliphatic carbocycles. The van der Waals surface area contributed by atoms with Crippen molar-refractivity contribution in [3.8, 4) is 11.5 Å². The van der Waals surface area contributed by atoms with E-state index in [1.807, 2.05) is 12.1 Å². The maximum Gasteiger partial charge on any atom is 0.161 e. The lowest BCUT2D eigenvalue weighted by atomic mass is 9.98. The van der Waals surface area contributed by atoms with Gasteiger partial charge in [-0.15, -0.1) is 0 Å². The summed E-state index contributed by atoms with van der Waals surface area (Å²) in [4.78, 5) is 2.39. The van der Waals surface area contributed by atoms with Gasteiger partial charge in [-0.25, -0.2) is 0 Å². The number of methoxy groups -OCH3 is 2. The van der Waals surface area contributed by atoms with Crippen LogP contribution < -0.4 is 9.47 Å². The van der Waals surface area contributed by atoms with E-state index >= 15 is 0 Å². The van der Waals surface area contributed by atoms with Gasteiger partial charge in [-0.05, 0) is 43.0 Å². The lowest BCUT2D eigenvalue weighted by Crippen LogP contribution is -2.36. The average Bonchev–Trinajstić information content (AvgIpc) is 2.49. The first kappa shape index (κ1) is 15.6. The molecular weight excluding hydrogens is 322 g/mol. The highest BCUT2D eigenvalue weighted by Gasteiger charge is 2.20. The number of halogens is 1. The van der Waals surface area contributed by atoms with Crippen molar-refractivity contribution in [2.24, 2.45) is 5.92 Å². The SMILES string of the molecule is COc1cc(Br)c(CN2CCC[C@@H](CO)C2)cc1OC. The molecule has 20 heavy (non-hydrogen) atoms. The number of hydrogen-bond donors (Lipinski definition) is 1. The van der Waals surface area contributed by atoms with E-state index in [-0.39, 0.29) is 6.61 Å². The number of rotatable bonds is 5. The van der Waals surface area contributed by atoms with Gasteiger partial charge >= 0.3 is 0 Å². The van der Waals surface area contributed by atoms with Crippen molar-refractivity contribution >= 4 is 15.9 Å². The molecule has 0 unspecified atom stereocenters. The van der Waals surface area contributed by atoms with Crippen molar-refractivity contribution in [1.82, 2.24) is 4.90 Å². The highest BCUT2D eigenvalue weighted by atomic mass is 79.9. The standard InChI is InChI=1S/C15H22BrNO3/c1-19-14-6-12(13(16)7-15(14)20-2)9-17-5-3-4-11(8-17)10-18/h6-7,11,18H,3-5,8-10H2,1-2H3/t11-/m1/s1. The van der Waals surface area contributed by atoms with Gasteiger partial charge in [-0.1, -0.05) is 15.9 Å². The predicted molar refractivity (Wildman–Crippen MR) is 82.3 cm³/mol. The second-order valence-corrected chi connectivity index (χ2v) is 6.08. The Kier molecular flexibility index (Phi) is 5.69. The van der Waals surface area contributed by atoms with Gasteiger partial charge in [-0.3, -0.25) is 4.90 Å². The quantitative estimate of drug-likeness (QED) is 0.892. The van der Waals surface area contributed by atoms with Gasteiger partial charge in [0, 0.05) is 24.2 Å². The Labute approximate surface area is 128 Å². The van der Waals surface area contributed by atoms with Gasteiger partial charge < -0.3 is 14.6 Å². The molecule has 1 aliphatic rings. The number of ether oxygens (including phenoxy) is 2. The number of nitrogens with zero attached hydrogens (tertiary/aromatic N) is 1. The average molecular weight is 344 g/mol. The smallest absolute Gasteiger partial charge is 0.161 e. The Bertz CT molecular complexity index is 453. The highest BCUT2D eigenvalue weighted by Crippen LogP contribution is 2.34. The topological polar surface area (TPSA) is 41.9 Å². The minimum Gasteiger partial charge on any atom is -0.493 e. The predicted octanol–water partition coefficient (Wildman–Crippen LogP) is 2.67. The molecule has 4 nitrogen and oxygen atoms in total. The van der Waals surface area contributed by atoms with Crippen molar-refractivity contribution in [3.05, 3.63) is 22.2 Å². The van der Waals surface area contributed by atoms with E-state index in [1.165, 1.54) is 5.56 Å². The van der Waals surface area contributed by atoms with Crippen LogP contribution in [0.3, 0.4) is 0 Å². The van der Waals surface area contributed by atoms with Gasteiger partial charge in [0.2, 0.25) is 0 Å². The molecule has 1 fully saturated rings. The molecule has 1 aromatic rings. The normalized spacial score (nSPS) is 19.9. The maximum absolute atomic E-state index is 9.31. The fourth-order valence-electron chi connectivity index (χ4n) is 2.70. The Balaban J connectivity index is 2.12. The molecule has 0 bridgehead atoms. The first-order valence-corrected chi connectivity index (χ1v) is 7.70. The number of aliphatic hydroxyl groups is 1. The number of benzene rings is 1. The van der Waals surface area contributed by atoms with Crippen molar-refractivity contribution in [3.63, 3.8) is 0 Å². The van der Waals surface area contributed by atoms with Gasteiger partial charge in [-0.2, -0.15) is 0 Å². The molecule has 0 spiro atoms. The lowest BCUT2D eigenvalue weighted by molar-refractivity contribution is 0.115. The van der Waals surface area contributed by atoms with E-state index in [0.717, 1.165) is 48.4 Å². The van der Waals surface area contributed by atoms with E-state index in [2.05, 4.69) is 20.8 Å². The van der Waals surface area contributed by atoms with Crippen LogP contribution in [0.4, 0.5) is 0 Å². The number of piperidine rings is 1. The van der Waals surface area contributed by atoms with Gasteiger partial charge in [0.25, 0.3) is 0 Å². The largest absolute Gasteiger partial charge is 0.493 e. The van der Waals surface area contributed by atoms with E-state index in [4.69, 9.17) is 9.47 Å². The van der Waals surface area contributed by atoms with Gasteiger partial charge in [0.1, 0.15) is 0 Å². The fourth-order valence-corrected chi connectivity index (χ4v) is 3.15. The molecule has 112 valence electrons. The molecular formula is C15H22BrNO3. The minimum atomic E-state index is 0.281. The zero-order valence-electron chi connectivity index (χ0n) is 12.1. The summed E-state index contributed by atoms with van der Waals surface area (Å²) in [6.07, 6.45) is 2.27. The molecule has 1 aromatic carbocycles. The van der Waals surface area contributed by atoms with Crippen LogP contribution >= 0.6 is 15.9 Å². The molecule has 5 heteroatoms. The molecule has 0 amide bonds. The van der Waals surface area contributed by atoms with E-state index in [0.29, 0.717) is 5.92 Å². The monoisotopic (exact) mass is 343 g/mol. The summed E-state index contributed by atoms with van der Waals surface area (Å²) in [6.45, 7) is 3.18. The molecule has 1 atom stereocenters. The van der Waals surface area contributed by atoms with Crippen LogP contribution in [-0.4, -0.2) is 43.9 Å². The van der Waals surface area contributed by atoms with Crippen LogP contribution in [0.5, 0.6) is 11.5 Å². The highest BCUT2D eigenvalue weighted by molar-refractivity contribution is 9.10. The number of likely N-dealkylation sites (tertiary alicyclic amines) is 1. The number of aliphatic hydroxyl groups excluding tert-OH is 1. The van der Waals surface area contributed by atoms with Gasteiger partial charge in [0.05, 0.1) is 14.2 Å². The number of hydrogen-bond acceptors (Lipinski definition) is 4. The van der Waals surface area contributed by atoms with Crippen molar-refractivity contribution in [2.75, 3.05) is 33.9 Å². The Morgan fingerprint density at radius 2 is 2.00 bits per heavy atom. The van der Waals surface area contributed by atoms with Gasteiger partial charge in [0.15, 0.2) is 11.5 Å². The third-order valence-electron chi connectivity index (χ3n) is 3.81. The van der Waals surface area contributed by atoms with Crippen LogP contribution in [0.15, 0.2) is 16.6 Å². The van der Waals surface area contributed by atoms with E-state index in [1.54, 1.807) is 14.2 Å². The van der Waals surface area contributed by atoms with Crippen LogP contribution in [0.1, 0.15) is 18.4 Å². The summed E-state index contributed by atoms with van der Waals surface area (Å²) in [5.74, 6) is 1.89. The molecule has 1 N–H and O–H groups in total. The lowest BCUT2D eigenvalue weighted by Gasteiger charge is -2.32. The summed E-state index contributed by atoms with van der Waals surface area (Å²) in [6, 6.07) is 3.97. The maximum atomic E-state index is 9.31. The van der Waals surface area contributed by atoms with Crippen molar-refractivity contribution in [2.45, 2.75) is 19.4 Å². The third kappa shape index (κ3) is 3.65. The molecule has 0 radical (unpaired) electrons. The fraction of sp³-hybridized carbons (Fsp3) is 0.600. The molecule has 0 saturated carbocycles. The Morgan fingerprint density at radius 3 is 2.65 bits per heavy atom. The van der Waals surface area contributed by atoms with Crippen molar-refractivity contribution in [1.29, 1.82) is 0 Å². The second kappa shape index (κ2) is 7.29. The molecule has 0 aromatic heterocycles. The minimum absolute atomic E-state index is 0.281.